The fourth-order valence-corrected chi connectivity index (χ4v) is 2.56. The Morgan fingerprint density at radius 3 is 2.12 bits per heavy atom. The number of carbonyl (C=O) groups excluding carboxylic acids is 2. The summed E-state index contributed by atoms with van der Waals surface area (Å²) in [6, 6.07) is 11.3. The molecule has 0 aliphatic heterocycles. The third-order valence-corrected chi connectivity index (χ3v) is 4.10. The second-order valence-electron chi connectivity index (χ2n) is 5.70. The molecule has 1 heterocycles. The summed E-state index contributed by atoms with van der Waals surface area (Å²) >= 11 is 0. The van der Waals surface area contributed by atoms with Gasteiger partial charge in [0.05, 0.1) is 0 Å². The topological polar surface area (TPSA) is 63.1 Å². The molecule has 128 valence electrons. The van der Waals surface area contributed by atoms with Crippen LogP contribution in [0.2, 0.25) is 0 Å². The first-order chi connectivity index (χ1) is 11.7. The Labute approximate surface area is 143 Å². The van der Waals surface area contributed by atoms with Crippen molar-refractivity contribution in [1.29, 1.82) is 0 Å². The molecule has 0 unspecified atom stereocenters. The number of benzene rings is 1. The summed E-state index contributed by atoms with van der Waals surface area (Å²) in [5.74, 6) is -0.0157. The SMILES string of the molecule is CCC(CC)C(=O)NCCNC(=O)c1ccc(-n2cccc2)cc1. The zero-order chi connectivity index (χ0) is 17.4. The number of hydrogen-bond acceptors (Lipinski definition) is 2. The second kappa shape index (κ2) is 8.91. The number of amides is 2. The van der Waals surface area contributed by atoms with Gasteiger partial charge in [-0.3, -0.25) is 9.59 Å². The predicted octanol–water partition coefficient (Wildman–Crippen LogP) is 2.76. The highest BCUT2D eigenvalue weighted by atomic mass is 16.2. The Morgan fingerprint density at radius 2 is 1.54 bits per heavy atom. The van der Waals surface area contributed by atoms with Crippen LogP contribution >= 0.6 is 0 Å². The summed E-state index contributed by atoms with van der Waals surface area (Å²) in [6.07, 6.45) is 5.58. The standard InChI is InChI=1S/C19H25N3O2/c1-3-15(4-2)18(23)20-11-12-21-19(24)16-7-9-17(10-8-16)22-13-5-6-14-22/h5-10,13-15H,3-4,11-12H2,1-2H3,(H,20,23)(H,21,24). The smallest absolute Gasteiger partial charge is 0.251 e. The fourth-order valence-electron chi connectivity index (χ4n) is 2.56. The monoisotopic (exact) mass is 327 g/mol. The second-order valence-corrected chi connectivity index (χ2v) is 5.70. The Balaban J connectivity index is 1.77. The van der Waals surface area contributed by atoms with E-state index in [0.717, 1.165) is 18.5 Å². The van der Waals surface area contributed by atoms with Gasteiger partial charge in [-0.2, -0.15) is 0 Å². The molecule has 24 heavy (non-hydrogen) atoms. The zero-order valence-electron chi connectivity index (χ0n) is 14.3. The lowest BCUT2D eigenvalue weighted by molar-refractivity contribution is -0.125. The van der Waals surface area contributed by atoms with Crippen LogP contribution in [-0.2, 0) is 4.79 Å². The van der Waals surface area contributed by atoms with Crippen LogP contribution in [0, 0.1) is 5.92 Å². The van der Waals surface area contributed by atoms with Crippen molar-refractivity contribution in [3.05, 3.63) is 54.4 Å². The fraction of sp³-hybridized carbons (Fsp3) is 0.368. The Kier molecular flexibility index (Phi) is 6.61. The number of carbonyl (C=O) groups is 2. The summed E-state index contributed by atoms with van der Waals surface area (Å²) in [6.45, 7) is 4.88. The number of nitrogens with zero attached hydrogens (tertiary/aromatic N) is 1. The lowest BCUT2D eigenvalue weighted by Crippen LogP contribution is -2.37. The highest BCUT2D eigenvalue weighted by molar-refractivity contribution is 5.94. The van der Waals surface area contributed by atoms with E-state index in [1.165, 1.54) is 0 Å². The molecule has 0 fully saturated rings. The molecular weight excluding hydrogens is 302 g/mol. The van der Waals surface area contributed by atoms with E-state index in [1.54, 1.807) is 12.1 Å². The molecule has 0 saturated heterocycles. The molecule has 2 N–H and O–H groups in total. The van der Waals surface area contributed by atoms with Crippen LogP contribution in [0.15, 0.2) is 48.8 Å². The van der Waals surface area contributed by atoms with Crippen molar-refractivity contribution in [2.45, 2.75) is 26.7 Å². The van der Waals surface area contributed by atoms with E-state index in [9.17, 15) is 9.59 Å². The molecule has 1 aromatic carbocycles. The number of hydrogen-bond donors (Lipinski definition) is 2. The van der Waals surface area contributed by atoms with E-state index in [1.807, 2.05) is 55.1 Å². The van der Waals surface area contributed by atoms with Crippen molar-refractivity contribution >= 4 is 11.8 Å². The third-order valence-electron chi connectivity index (χ3n) is 4.10. The minimum atomic E-state index is -0.133. The molecule has 0 saturated carbocycles. The number of rotatable bonds is 8. The van der Waals surface area contributed by atoms with Gasteiger partial charge in [-0.05, 0) is 49.2 Å². The molecule has 1 aromatic heterocycles. The number of aromatic nitrogens is 1. The molecular formula is C19H25N3O2. The van der Waals surface area contributed by atoms with E-state index in [4.69, 9.17) is 0 Å². The average molecular weight is 327 g/mol. The van der Waals surface area contributed by atoms with Gasteiger partial charge in [0.2, 0.25) is 5.91 Å². The highest BCUT2D eigenvalue weighted by Gasteiger charge is 2.13. The summed E-state index contributed by atoms with van der Waals surface area (Å²) in [5, 5.41) is 5.69. The Morgan fingerprint density at radius 1 is 0.958 bits per heavy atom. The van der Waals surface area contributed by atoms with Gasteiger partial charge >= 0.3 is 0 Å². The van der Waals surface area contributed by atoms with Gasteiger partial charge in [-0.1, -0.05) is 13.8 Å². The molecule has 5 heteroatoms. The minimum absolute atomic E-state index is 0.0573. The largest absolute Gasteiger partial charge is 0.354 e. The maximum atomic E-state index is 12.1. The van der Waals surface area contributed by atoms with Crippen molar-refractivity contribution in [3.8, 4) is 5.69 Å². The quantitative estimate of drug-likeness (QED) is 0.732. The predicted molar refractivity (Wildman–Crippen MR) is 95.2 cm³/mol. The van der Waals surface area contributed by atoms with Crippen LogP contribution in [0.5, 0.6) is 0 Å². The summed E-state index contributed by atoms with van der Waals surface area (Å²) in [4.78, 5) is 23.9. The minimum Gasteiger partial charge on any atom is -0.354 e. The molecule has 2 aromatic rings. The molecule has 2 rings (SSSR count). The lowest BCUT2D eigenvalue weighted by Gasteiger charge is -2.13. The third kappa shape index (κ3) is 4.72. The first-order valence-corrected chi connectivity index (χ1v) is 8.45. The van der Waals surface area contributed by atoms with Crippen molar-refractivity contribution in [2.24, 2.45) is 5.92 Å². The highest BCUT2D eigenvalue weighted by Crippen LogP contribution is 2.10. The van der Waals surface area contributed by atoms with Gasteiger partial charge in [0.15, 0.2) is 0 Å². The van der Waals surface area contributed by atoms with E-state index >= 15 is 0 Å². The zero-order valence-corrected chi connectivity index (χ0v) is 14.3. The van der Waals surface area contributed by atoms with Crippen LogP contribution in [0.3, 0.4) is 0 Å². The van der Waals surface area contributed by atoms with Crippen LogP contribution < -0.4 is 10.6 Å². The van der Waals surface area contributed by atoms with Gasteiger partial charge in [0.1, 0.15) is 0 Å². The van der Waals surface area contributed by atoms with Crippen LogP contribution in [0.1, 0.15) is 37.0 Å². The molecule has 0 aliphatic rings. The summed E-state index contributed by atoms with van der Waals surface area (Å²) < 4.78 is 1.98. The van der Waals surface area contributed by atoms with E-state index in [0.29, 0.717) is 18.7 Å². The van der Waals surface area contributed by atoms with Gasteiger partial charge < -0.3 is 15.2 Å². The molecule has 0 radical (unpaired) electrons. The van der Waals surface area contributed by atoms with Crippen LogP contribution in [0.25, 0.3) is 5.69 Å². The lowest BCUT2D eigenvalue weighted by atomic mass is 10.0. The van der Waals surface area contributed by atoms with Gasteiger partial charge in [0, 0.05) is 42.7 Å². The Hall–Kier alpha value is -2.56. The molecule has 0 bridgehead atoms. The van der Waals surface area contributed by atoms with Crippen molar-refractivity contribution in [1.82, 2.24) is 15.2 Å². The van der Waals surface area contributed by atoms with E-state index in [-0.39, 0.29) is 17.7 Å². The van der Waals surface area contributed by atoms with Crippen LogP contribution in [-0.4, -0.2) is 29.5 Å². The van der Waals surface area contributed by atoms with Crippen molar-refractivity contribution in [2.75, 3.05) is 13.1 Å². The normalized spacial score (nSPS) is 10.6. The van der Waals surface area contributed by atoms with E-state index < -0.39 is 0 Å². The number of nitrogens with one attached hydrogen (secondary N) is 2. The van der Waals surface area contributed by atoms with E-state index in [2.05, 4.69) is 10.6 Å². The first-order valence-electron chi connectivity index (χ1n) is 8.45. The van der Waals surface area contributed by atoms with Gasteiger partial charge in [0.25, 0.3) is 5.91 Å². The molecule has 5 nitrogen and oxygen atoms in total. The van der Waals surface area contributed by atoms with Gasteiger partial charge in [-0.15, -0.1) is 0 Å². The summed E-state index contributed by atoms with van der Waals surface area (Å²) in [7, 11) is 0. The molecule has 0 spiro atoms. The molecule has 2 amide bonds. The molecule has 0 aliphatic carbocycles. The maximum absolute atomic E-state index is 12.1. The Bertz CT molecular complexity index is 644. The van der Waals surface area contributed by atoms with Crippen molar-refractivity contribution < 1.29 is 9.59 Å². The van der Waals surface area contributed by atoms with Crippen LogP contribution in [0.4, 0.5) is 0 Å². The molecule has 0 atom stereocenters. The average Bonchev–Trinajstić information content (AvgIpc) is 3.14. The van der Waals surface area contributed by atoms with Crippen molar-refractivity contribution in [3.63, 3.8) is 0 Å². The first kappa shape index (κ1) is 17.8. The summed E-state index contributed by atoms with van der Waals surface area (Å²) in [5.41, 5.74) is 1.62. The van der Waals surface area contributed by atoms with Gasteiger partial charge in [-0.25, -0.2) is 0 Å². The maximum Gasteiger partial charge on any atom is 0.251 e.